The van der Waals surface area contributed by atoms with Crippen molar-refractivity contribution in [2.24, 2.45) is 0 Å². The number of hydrogen-bond acceptors (Lipinski definition) is 1. The molecule has 0 spiro atoms. The molecule has 4 heavy (non-hydrogen) atoms. The Bertz CT molecular complexity index is 6.85. The third-order valence-electron chi connectivity index (χ3n) is 0. The van der Waals surface area contributed by atoms with Crippen LogP contribution >= 0.6 is 0 Å². The maximum Gasteiger partial charge on any atom is 0 e. The molecule has 0 aromatic heterocycles. The van der Waals surface area contributed by atoms with Crippen LogP contribution in [0.5, 0.6) is 0 Å². The van der Waals surface area contributed by atoms with Crippen LogP contribution in [0.2, 0.25) is 0 Å². The zero-order valence-electron chi connectivity index (χ0n) is 2.50. The third-order valence-corrected chi connectivity index (χ3v) is 0. The quantitative estimate of drug-likeness (QED) is 0.437. The maximum atomic E-state index is 2.75. The van der Waals surface area contributed by atoms with Gasteiger partial charge in [-0.25, -0.2) is 0 Å². The van der Waals surface area contributed by atoms with E-state index in [0.29, 0.717) is 0 Å². The van der Waals surface area contributed by atoms with Gasteiger partial charge in [0, 0.05) is 1.43 Å². The molecule has 0 radical (unpaired) electrons. The van der Waals surface area contributed by atoms with Crippen molar-refractivity contribution in [1.82, 2.24) is 5.32 Å². The highest BCUT2D eigenvalue weighted by Gasteiger charge is 1.25. The summed E-state index contributed by atoms with van der Waals surface area (Å²) in [5.41, 5.74) is 0. The Kier molecular flexibility index (Phi) is 27.9. The van der Waals surface area contributed by atoms with Gasteiger partial charge in [0.25, 0.3) is 0 Å². The summed E-state index contributed by atoms with van der Waals surface area (Å²) in [6.07, 6.45) is 0. The van der Waals surface area contributed by atoms with Gasteiger partial charge in [-0.15, -0.1) is 0 Å². The summed E-state index contributed by atoms with van der Waals surface area (Å²) in [5.74, 6) is 0. The van der Waals surface area contributed by atoms with Crippen LogP contribution < -0.4 is 5.32 Å². The van der Waals surface area contributed by atoms with Gasteiger partial charge >= 0.3 is 0 Å². The average Bonchev–Trinajstić information content (AvgIpc) is 0.918. The van der Waals surface area contributed by atoms with Crippen molar-refractivity contribution in [2.45, 2.75) is 7.43 Å². The molecule has 0 fully saturated rings. The van der Waals surface area contributed by atoms with Crippen LogP contribution in [-0.2, 0) is 0 Å². The summed E-state index contributed by atoms with van der Waals surface area (Å²) in [5, 5.41) is 2.75. The summed E-state index contributed by atoms with van der Waals surface area (Å²) in [4.78, 5) is 0. The SMILES string of the molecule is C.CNC.[HH]. The predicted octanol–water partition coefficient (Wildman–Crippen LogP) is 0.718. The first kappa shape index (κ1) is 9.03. The summed E-state index contributed by atoms with van der Waals surface area (Å²) in [6, 6.07) is 0. The monoisotopic (exact) mass is 63.1 g/mol. The first-order valence-corrected chi connectivity index (χ1v) is 1.00. The Morgan fingerprint density at radius 2 is 1.50 bits per heavy atom. The lowest BCUT2D eigenvalue weighted by molar-refractivity contribution is 1.02. The largest absolute Gasteiger partial charge is 0.323 e. The van der Waals surface area contributed by atoms with Crippen molar-refractivity contribution in [3.8, 4) is 0 Å². The summed E-state index contributed by atoms with van der Waals surface area (Å²) >= 11 is 0. The van der Waals surface area contributed by atoms with Gasteiger partial charge in [-0.05, 0) is 14.1 Å². The fourth-order valence-electron chi connectivity index (χ4n) is 0. The topological polar surface area (TPSA) is 12.0 Å². The molecule has 0 aliphatic carbocycles. The minimum atomic E-state index is 0. The van der Waals surface area contributed by atoms with E-state index in [1.54, 1.807) is 0 Å². The van der Waals surface area contributed by atoms with E-state index < -0.39 is 0 Å². The number of rotatable bonds is 0. The van der Waals surface area contributed by atoms with Gasteiger partial charge in [-0.1, -0.05) is 7.43 Å². The van der Waals surface area contributed by atoms with Gasteiger partial charge < -0.3 is 5.32 Å². The highest BCUT2D eigenvalue weighted by atomic mass is 14.7. The molecule has 0 aromatic carbocycles. The molecule has 0 unspecified atom stereocenters. The second-order valence-electron chi connectivity index (χ2n) is 0.500. The lowest BCUT2D eigenvalue weighted by Crippen LogP contribution is -1.89. The first-order chi connectivity index (χ1) is 1.41. The fourth-order valence-corrected chi connectivity index (χ4v) is 0. The molecule has 0 saturated heterocycles. The molecule has 0 aliphatic heterocycles. The molecule has 30 valence electrons. The van der Waals surface area contributed by atoms with Gasteiger partial charge in [-0.2, -0.15) is 0 Å². The molecule has 0 rings (SSSR count). The van der Waals surface area contributed by atoms with E-state index in [4.69, 9.17) is 0 Å². The Balaban J connectivity index is -0.0000000200. The molecule has 0 aliphatic rings. The van der Waals surface area contributed by atoms with E-state index in [2.05, 4.69) is 5.32 Å². The van der Waals surface area contributed by atoms with Crippen molar-refractivity contribution >= 4 is 0 Å². The number of nitrogens with one attached hydrogen (secondary N) is 1. The summed E-state index contributed by atoms with van der Waals surface area (Å²) < 4.78 is 0. The standard InChI is InChI=1S/C2H7N.CH4.H2/c1-3-2;;/h3H,1-2H3;1H4;1H. The van der Waals surface area contributed by atoms with Crippen molar-refractivity contribution in [2.75, 3.05) is 14.1 Å². The van der Waals surface area contributed by atoms with E-state index >= 15 is 0 Å². The first-order valence-electron chi connectivity index (χ1n) is 1.00. The Labute approximate surface area is 29.5 Å². The van der Waals surface area contributed by atoms with Crippen molar-refractivity contribution in [1.29, 1.82) is 0 Å². The van der Waals surface area contributed by atoms with Crippen molar-refractivity contribution in [3.05, 3.63) is 0 Å². The van der Waals surface area contributed by atoms with E-state index in [1.807, 2.05) is 14.1 Å². The zero-order valence-corrected chi connectivity index (χ0v) is 2.50. The second kappa shape index (κ2) is 12.3. The molecule has 0 amide bonds. The Morgan fingerprint density at radius 3 is 1.50 bits per heavy atom. The van der Waals surface area contributed by atoms with Gasteiger partial charge in [0.15, 0.2) is 0 Å². The molecule has 1 nitrogen and oxygen atoms in total. The molecule has 0 bridgehead atoms. The van der Waals surface area contributed by atoms with Gasteiger partial charge in [-0.3, -0.25) is 0 Å². The summed E-state index contributed by atoms with van der Waals surface area (Å²) in [7, 11) is 3.75. The van der Waals surface area contributed by atoms with E-state index in [-0.39, 0.29) is 8.85 Å². The zero-order chi connectivity index (χ0) is 2.71. The van der Waals surface area contributed by atoms with E-state index in [1.165, 1.54) is 0 Å². The molecule has 1 heteroatoms. The lowest BCUT2D eigenvalue weighted by Gasteiger charge is -1.59. The third kappa shape index (κ3) is 1130. The van der Waals surface area contributed by atoms with Crippen LogP contribution in [-0.4, -0.2) is 14.1 Å². The Hall–Kier alpha value is -0.0400. The van der Waals surface area contributed by atoms with Crippen LogP contribution in [0.25, 0.3) is 0 Å². The van der Waals surface area contributed by atoms with Gasteiger partial charge in [0.2, 0.25) is 0 Å². The molecule has 1 N–H and O–H groups in total. The smallest absolute Gasteiger partial charge is 0 e. The highest BCUT2D eigenvalue weighted by molar-refractivity contribution is 3.91. The minimum Gasteiger partial charge on any atom is -0.323 e. The van der Waals surface area contributed by atoms with E-state index in [0.717, 1.165) is 0 Å². The van der Waals surface area contributed by atoms with Crippen LogP contribution in [0.1, 0.15) is 8.85 Å². The predicted molar refractivity (Wildman–Crippen MR) is 23.8 cm³/mol. The number of hydrogen-bond donors (Lipinski definition) is 1. The van der Waals surface area contributed by atoms with Crippen LogP contribution in [0, 0.1) is 0 Å². The van der Waals surface area contributed by atoms with Gasteiger partial charge in [0.1, 0.15) is 0 Å². The highest BCUT2D eigenvalue weighted by Crippen LogP contribution is 0.981. The second-order valence-corrected chi connectivity index (χ2v) is 0.500. The van der Waals surface area contributed by atoms with E-state index in [9.17, 15) is 0 Å². The average molecular weight is 63.1 g/mol. The molecule has 0 heterocycles. The molecular weight excluding hydrogens is 50.0 g/mol. The van der Waals surface area contributed by atoms with Crippen LogP contribution in [0.4, 0.5) is 0 Å². The molecular formula is C3H13N. The van der Waals surface area contributed by atoms with Crippen LogP contribution in [0.15, 0.2) is 0 Å². The van der Waals surface area contributed by atoms with Crippen molar-refractivity contribution in [3.63, 3.8) is 0 Å². The summed E-state index contributed by atoms with van der Waals surface area (Å²) in [6.45, 7) is 0. The lowest BCUT2D eigenvalue weighted by atomic mass is 11.3. The molecule has 0 aromatic rings. The van der Waals surface area contributed by atoms with Crippen molar-refractivity contribution < 1.29 is 1.43 Å². The fraction of sp³-hybridized carbons (Fsp3) is 1.00. The maximum absolute atomic E-state index is 2.75. The Morgan fingerprint density at radius 1 is 1.50 bits per heavy atom. The minimum absolute atomic E-state index is 0. The molecule has 0 atom stereocenters. The van der Waals surface area contributed by atoms with Gasteiger partial charge in [0.05, 0.1) is 0 Å². The normalized spacial score (nSPS) is 4.50. The van der Waals surface area contributed by atoms with Crippen LogP contribution in [0.3, 0.4) is 0 Å². The molecule has 0 saturated carbocycles.